The summed E-state index contributed by atoms with van der Waals surface area (Å²) in [6.07, 6.45) is 4.82. The second-order valence-corrected chi connectivity index (χ2v) is 5.68. The van der Waals surface area contributed by atoms with Crippen LogP contribution in [0.3, 0.4) is 0 Å². The Labute approximate surface area is 137 Å². The van der Waals surface area contributed by atoms with Crippen molar-refractivity contribution in [2.45, 2.75) is 0 Å². The third-order valence-electron chi connectivity index (χ3n) is 3.13. The van der Waals surface area contributed by atoms with E-state index in [1.165, 1.54) is 18.2 Å². The number of benzene rings is 2. The van der Waals surface area contributed by atoms with Gasteiger partial charge in [0, 0.05) is 28.9 Å². The van der Waals surface area contributed by atoms with Gasteiger partial charge in [-0.2, -0.15) is 0 Å². The van der Waals surface area contributed by atoms with Gasteiger partial charge in [-0.15, -0.1) is 11.3 Å². The Morgan fingerprint density at radius 1 is 1.09 bits per heavy atom. The number of nitrogens with zero attached hydrogens (tertiary/aromatic N) is 1. The van der Waals surface area contributed by atoms with E-state index in [1.54, 1.807) is 35.7 Å². The van der Waals surface area contributed by atoms with Gasteiger partial charge >= 0.3 is 0 Å². The molecule has 0 fully saturated rings. The van der Waals surface area contributed by atoms with Crippen molar-refractivity contribution in [3.63, 3.8) is 0 Å². The van der Waals surface area contributed by atoms with Gasteiger partial charge < -0.3 is 5.32 Å². The van der Waals surface area contributed by atoms with Gasteiger partial charge in [0.15, 0.2) is 0 Å². The third kappa shape index (κ3) is 4.11. The van der Waals surface area contributed by atoms with Crippen molar-refractivity contribution in [1.82, 2.24) is 4.98 Å². The lowest BCUT2D eigenvalue weighted by atomic mass is 10.2. The molecule has 23 heavy (non-hydrogen) atoms. The number of carbonyl (C=O) groups is 1. The Bertz CT molecular complexity index is 809. The first kappa shape index (κ1) is 15.1. The fraction of sp³-hybridized carbons (Fsp3) is 0. The van der Waals surface area contributed by atoms with E-state index in [0.717, 1.165) is 16.1 Å². The van der Waals surface area contributed by atoms with E-state index < -0.39 is 0 Å². The minimum absolute atomic E-state index is 0.240. The highest BCUT2D eigenvalue weighted by Crippen LogP contribution is 2.23. The second-order valence-electron chi connectivity index (χ2n) is 4.79. The molecule has 3 aromatic rings. The number of halogens is 1. The number of nitrogens with one attached hydrogen (secondary N) is 1. The molecule has 0 saturated heterocycles. The van der Waals surface area contributed by atoms with Gasteiger partial charge in [0.05, 0.1) is 0 Å². The van der Waals surface area contributed by atoms with E-state index in [0.29, 0.717) is 5.69 Å². The molecular weight excluding hydrogens is 311 g/mol. The molecule has 1 heterocycles. The van der Waals surface area contributed by atoms with Gasteiger partial charge in [0.2, 0.25) is 5.91 Å². The summed E-state index contributed by atoms with van der Waals surface area (Å²) in [6, 6.07) is 13.4. The zero-order valence-corrected chi connectivity index (χ0v) is 12.9. The molecule has 1 N–H and O–H groups in total. The van der Waals surface area contributed by atoms with Gasteiger partial charge in [-0.25, -0.2) is 9.37 Å². The minimum atomic E-state index is -0.299. The van der Waals surface area contributed by atoms with Crippen LogP contribution in [-0.4, -0.2) is 10.9 Å². The molecule has 2 aromatic carbocycles. The van der Waals surface area contributed by atoms with Crippen molar-refractivity contribution in [2.24, 2.45) is 0 Å². The summed E-state index contributed by atoms with van der Waals surface area (Å²) in [7, 11) is 0. The van der Waals surface area contributed by atoms with Crippen LogP contribution in [0, 0.1) is 5.82 Å². The summed E-state index contributed by atoms with van der Waals surface area (Å²) in [5.74, 6) is -0.539. The van der Waals surface area contributed by atoms with Crippen LogP contribution in [0.4, 0.5) is 10.1 Å². The Morgan fingerprint density at radius 2 is 1.83 bits per heavy atom. The van der Waals surface area contributed by atoms with Crippen LogP contribution in [0.15, 0.2) is 66.2 Å². The summed E-state index contributed by atoms with van der Waals surface area (Å²) in [4.78, 5) is 16.1. The Hall–Kier alpha value is -2.79. The first-order valence-electron chi connectivity index (χ1n) is 6.95. The molecule has 3 rings (SSSR count). The van der Waals surface area contributed by atoms with Crippen LogP contribution >= 0.6 is 11.3 Å². The molecule has 0 radical (unpaired) electrons. The average Bonchev–Trinajstić information content (AvgIpc) is 3.09. The second kappa shape index (κ2) is 6.98. The molecule has 0 bridgehead atoms. The van der Waals surface area contributed by atoms with Crippen LogP contribution in [0.1, 0.15) is 5.56 Å². The molecule has 0 aliphatic rings. The molecular formula is C18H13FN2OS. The molecule has 1 amide bonds. The predicted molar refractivity (Wildman–Crippen MR) is 91.6 cm³/mol. The zero-order chi connectivity index (χ0) is 16.1. The topological polar surface area (TPSA) is 42.0 Å². The highest BCUT2D eigenvalue weighted by molar-refractivity contribution is 7.13. The van der Waals surface area contributed by atoms with Crippen LogP contribution in [0.5, 0.6) is 0 Å². The van der Waals surface area contributed by atoms with Crippen molar-refractivity contribution < 1.29 is 9.18 Å². The number of hydrogen-bond acceptors (Lipinski definition) is 3. The number of aromatic nitrogens is 1. The molecule has 3 nitrogen and oxygen atoms in total. The van der Waals surface area contributed by atoms with Crippen LogP contribution in [-0.2, 0) is 4.79 Å². The predicted octanol–water partition coefficient (Wildman–Crippen LogP) is 4.60. The van der Waals surface area contributed by atoms with E-state index in [9.17, 15) is 9.18 Å². The normalized spacial score (nSPS) is 10.8. The van der Waals surface area contributed by atoms with E-state index in [2.05, 4.69) is 10.3 Å². The third-order valence-corrected chi connectivity index (χ3v) is 3.95. The molecule has 1 aromatic heterocycles. The van der Waals surface area contributed by atoms with Crippen LogP contribution in [0.2, 0.25) is 0 Å². The molecule has 0 unspecified atom stereocenters. The average molecular weight is 324 g/mol. The SMILES string of the molecule is O=C(/C=C/c1ccc(F)cc1)Nc1ccc(-c2nccs2)cc1. The summed E-state index contributed by atoms with van der Waals surface area (Å²) < 4.78 is 12.8. The lowest BCUT2D eigenvalue weighted by Crippen LogP contribution is -2.07. The van der Waals surface area contributed by atoms with Gasteiger partial charge in [-0.1, -0.05) is 12.1 Å². The molecule has 0 atom stereocenters. The molecule has 0 aliphatic carbocycles. The minimum Gasteiger partial charge on any atom is -0.323 e. The number of hydrogen-bond donors (Lipinski definition) is 1. The Kier molecular flexibility index (Phi) is 4.59. The standard InChI is InChI=1S/C18H13FN2OS/c19-15-6-1-13(2-7-15)3-10-17(22)21-16-8-4-14(5-9-16)18-20-11-12-23-18/h1-12H,(H,21,22)/b10-3+. The highest BCUT2D eigenvalue weighted by atomic mass is 32.1. The zero-order valence-electron chi connectivity index (χ0n) is 12.1. The first-order valence-corrected chi connectivity index (χ1v) is 7.83. The van der Waals surface area contributed by atoms with Crippen molar-refractivity contribution in [3.05, 3.63) is 77.6 Å². The van der Waals surface area contributed by atoms with Crippen LogP contribution < -0.4 is 5.32 Å². The number of thiazole rings is 1. The molecule has 5 heteroatoms. The number of anilines is 1. The van der Waals surface area contributed by atoms with Gasteiger partial charge in [0.25, 0.3) is 0 Å². The maximum absolute atomic E-state index is 12.8. The number of rotatable bonds is 4. The maximum atomic E-state index is 12.8. The fourth-order valence-electron chi connectivity index (χ4n) is 1.99. The van der Waals surface area contributed by atoms with E-state index >= 15 is 0 Å². The van der Waals surface area contributed by atoms with Gasteiger partial charge in [-0.05, 0) is 48.0 Å². The molecule has 0 aliphatic heterocycles. The van der Waals surface area contributed by atoms with Crippen molar-refractivity contribution in [2.75, 3.05) is 5.32 Å². The fourth-order valence-corrected chi connectivity index (χ4v) is 2.64. The smallest absolute Gasteiger partial charge is 0.248 e. The Balaban J connectivity index is 1.62. The van der Waals surface area contributed by atoms with Crippen LogP contribution in [0.25, 0.3) is 16.6 Å². The van der Waals surface area contributed by atoms with Crippen molar-refractivity contribution in [3.8, 4) is 10.6 Å². The molecule has 114 valence electrons. The summed E-state index contributed by atoms with van der Waals surface area (Å²) in [5.41, 5.74) is 2.49. The van der Waals surface area contributed by atoms with Crippen molar-refractivity contribution in [1.29, 1.82) is 0 Å². The van der Waals surface area contributed by atoms with E-state index in [1.807, 2.05) is 29.6 Å². The summed E-state index contributed by atoms with van der Waals surface area (Å²) in [6.45, 7) is 0. The van der Waals surface area contributed by atoms with Crippen molar-refractivity contribution >= 4 is 29.0 Å². The summed E-state index contributed by atoms with van der Waals surface area (Å²) in [5, 5.41) is 5.64. The van der Waals surface area contributed by atoms with Gasteiger partial charge in [0.1, 0.15) is 10.8 Å². The quantitative estimate of drug-likeness (QED) is 0.713. The Morgan fingerprint density at radius 3 is 2.48 bits per heavy atom. The number of amides is 1. The summed E-state index contributed by atoms with van der Waals surface area (Å²) >= 11 is 1.57. The highest BCUT2D eigenvalue weighted by Gasteiger charge is 2.02. The van der Waals surface area contributed by atoms with E-state index in [-0.39, 0.29) is 11.7 Å². The lowest BCUT2D eigenvalue weighted by Gasteiger charge is -2.03. The van der Waals surface area contributed by atoms with E-state index in [4.69, 9.17) is 0 Å². The maximum Gasteiger partial charge on any atom is 0.248 e. The largest absolute Gasteiger partial charge is 0.323 e. The first-order chi connectivity index (χ1) is 11.2. The monoisotopic (exact) mass is 324 g/mol. The molecule has 0 saturated carbocycles. The molecule has 0 spiro atoms. The lowest BCUT2D eigenvalue weighted by molar-refractivity contribution is -0.111. The van der Waals surface area contributed by atoms with Gasteiger partial charge in [-0.3, -0.25) is 4.79 Å². The number of carbonyl (C=O) groups excluding carboxylic acids is 1.